The number of aryl methyl sites for hydroxylation is 3. The Morgan fingerprint density at radius 2 is 1.83 bits per heavy atom. The van der Waals surface area contributed by atoms with Gasteiger partial charge in [-0.3, -0.25) is 0 Å². The minimum Gasteiger partial charge on any atom is -0.366 e. The molecule has 0 fully saturated rings. The third-order valence-electron chi connectivity index (χ3n) is 3.07. The minimum absolute atomic E-state index is 0.801. The Hall–Kier alpha value is -1.35. The van der Waals surface area contributed by atoms with Gasteiger partial charge in [0.2, 0.25) is 0 Å². The number of rotatable bonds is 3. The van der Waals surface area contributed by atoms with Gasteiger partial charge in [0.1, 0.15) is 5.82 Å². The first-order chi connectivity index (χ1) is 8.56. The molecule has 0 saturated heterocycles. The summed E-state index contributed by atoms with van der Waals surface area (Å²) in [6.45, 7) is 7.06. The lowest BCUT2D eigenvalue weighted by atomic mass is 10.1. The van der Waals surface area contributed by atoms with Crippen LogP contribution in [0.15, 0.2) is 34.8 Å². The molecule has 0 saturated carbocycles. The summed E-state index contributed by atoms with van der Waals surface area (Å²) in [6, 6.07) is 10.5. The lowest BCUT2D eigenvalue weighted by Crippen LogP contribution is -2.02. The van der Waals surface area contributed by atoms with E-state index in [-0.39, 0.29) is 0 Å². The molecule has 18 heavy (non-hydrogen) atoms. The molecule has 0 aliphatic carbocycles. The van der Waals surface area contributed by atoms with Crippen molar-refractivity contribution in [3.63, 3.8) is 0 Å². The van der Waals surface area contributed by atoms with Crippen molar-refractivity contribution in [2.24, 2.45) is 0 Å². The van der Waals surface area contributed by atoms with Crippen molar-refractivity contribution in [1.29, 1.82) is 0 Å². The zero-order chi connectivity index (χ0) is 13.1. The number of halogens is 1. The van der Waals surface area contributed by atoms with E-state index in [2.05, 4.69) is 58.3 Å². The number of anilines is 1. The summed E-state index contributed by atoms with van der Waals surface area (Å²) in [5.74, 6) is 0.911. The van der Waals surface area contributed by atoms with Gasteiger partial charge in [0, 0.05) is 11.0 Å². The maximum atomic E-state index is 4.47. The predicted molar refractivity (Wildman–Crippen MR) is 79.9 cm³/mol. The molecule has 0 bridgehead atoms. The van der Waals surface area contributed by atoms with Gasteiger partial charge < -0.3 is 5.32 Å². The SMILES string of the molecule is Cc1ccc(CNc2ccc(Br)c(C)n2)cc1C. The molecule has 1 N–H and O–H groups in total. The average molecular weight is 305 g/mol. The summed E-state index contributed by atoms with van der Waals surface area (Å²) < 4.78 is 1.04. The third kappa shape index (κ3) is 3.10. The molecule has 0 spiro atoms. The third-order valence-corrected chi connectivity index (χ3v) is 3.90. The van der Waals surface area contributed by atoms with Gasteiger partial charge in [0.15, 0.2) is 0 Å². The number of nitrogens with one attached hydrogen (secondary N) is 1. The van der Waals surface area contributed by atoms with Gasteiger partial charge in [-0.25, -0.2) is 4.98 Å². The number of benzene rings is 1. The van der Waals surface area contributed by atoms with Crippen molar-refractivity contribution in [1.82, 2.24) is 4.98 Å². The number of nitrogens with zero attached hydrogens (tertiary/aromatic N) is 1. The van der Waals surface area contributed by atoms with Gasteiger partial charge in [0.25, 0.3) is 0 Å². The molecule has 0 unspecified atom stereocenters. The average Bonchev–Trinajstić information content (AvgIpc) is 2.35. The molecule has 1 aromatic heterocycles. The molecule has 0 amide bonds. The molecule has 0 aliphatic rings. The van der Waals surface area contributed by atoms with E-state index in [0.29, 0.717) is 0 Å². The van der Waals surface area contributed by atoms with Crippen LogP contribution in [0.25, 0.3) is 0 Å². The second kappa shape index (κ2) is 5.53. The number of hydrogen-bond acceptors (Lipinski definition) is 2. The van der Waals surface area contributed by atoms with Crippen molar-refractivity contribution in [3.05, 3.63) is 57.2 Å². The Morgan fingerprint density at radius 1 is 1.06 bits per heavy atom. The van der Waals surface area contributed by atoms with Crippen molar-refractivity contribution in [2.75, 3.05) is 5.32 Å². The Balaban J connectivity index is 2.06. The van der Waals surface area contributed by atoms with E-state index in [1.54, 1.807) is 0 Å². The predicted octanol–water partition coefficient (Wildman–Crippen LogP) is 4.38. The van der Waals surface area contributed by atoms with Crippen LogP contribution < -0.4 is 5.32 Å². The second-order valence-electron chi connectivity index (χ2n) is 4.54. The molecule has 2 nitrogen and oxygen atoms in total. The molecular weight excluding hydrogens is 288 g/mol. The van der Waals surface area contributed by atoms with Crippen LogP contribution >= 0.6 is 15.9 Å². The van der Waals surface area contributed by atoms with Crippen molar-refractivity contribution in [2.45, 2.75) is 27.3 Å². The highest BCUT2D eigenvalue weighted by atomic mass is 79.9. The van der Waals surface area contributed by atoms with Crippen LogP contribution in [-0.2, 0) is 6.54 Å². The van der Waals surface area contributed by atoms with Crippen LogP contribution in [0, 0.1) is 20.8 Å². The molecule has 94 valence electrons. The molecule has 1 aromatic carbocycles. The van der Waals surface area contributed by atoms with E-state index in [9.17, 15) is 0 Å². The fraction of sp³-hybridized carbons (Fsp3) is 0.267. The molecule has 3 heteroatoms. The first-order valence-corrected chi connectivity index (χ1v) is 6.79. The van der Waals surface area contributed by atoms with Crippen molar-refractivity contribution < 1.29 is 0 Å². The fourth-order valence-corrected chi connectivity index (χ4v) is 1.97. The Labute approximate surface area is 117 Å². The van der Waals surface area contributed by atoms with Crippen LogP contribution in [0.2, 0.25) is 0 Å². The summed E-state index contributed by atoms with van der Waals surface area (Å²) in [4.78, 5) is 4.47. The summed E-state index contributed by atoms with van der Waals surface area (Å²) in [5, 5.41) is 3.34. The molecule has 1 heterocycles. The fourth-order valence-electron chi connectivity index (χ4n) is 1.75. The monoisotopic (exact) mass is 304 g/mol. The van der Waals surface area contributed by atoms with Gasteiger partial charge in [-0.05, 0) is 65.5 Å². The van der Waals surface area contributed by atoms with E-state index >= 15 is 0 Å². The van der Waals surface area contributed by atoms with Crippen molar-refractivity contribution >= 4 is 21.7 Å². The van der Waals surface area contributed by atoms with E-state index < -0.39 is 0 Å². The first-order valence-electron chi connectivity index (χ1n) is 5.99. The second-order valence-corrected chi connectivity index (χ2v) is 5.39. The first kappa shape index (κ1) is 13.1. The van der Waals surface area contributed by atoms with Crippen LogP contribution in [-0.4, -0.2) is 4.98 Å². The minimum atomic E-state index is 0.801. The normalized spacial score (nSPS) is 10.4. The van der Waals surface area contributed by atoms with E-state index in [1.165, 1.54) is 16.7 Å². The largest absolute Gasteiger partial charge is 0.366 e. The van der Waals surface area contributed by atoms with E-state index in [0.717, 1.165) is 22.5 Å². The number of pyridine rings is 1. The summed E-state index contributed by atoms with van der Waals surface area (Å²) in [5.41, 5.74) is 4.94. The van der Waals surface area contributed by atoms with Crippen molar-refractivity contribution in [3.8, 4) is 0 Å². The molecule has 0 atom stereocenters. The summed E-state index contributed by atoms with van der Waals surface area (Å²) in [6.07, 6.45) is 0. The lowest BCUT2D eigenvalue weighted by Gasteiger charge is -2.09. The lowest BCUT2D eigenvalue weighted by molar-refractivity contribution is 1.08. The highest BCUT2D eigenvalue weighted by molar-refractivity contribution is 9.10. The van der Waals surface area contributed by atoms with Crippen LogP contribution in [0.1, 0.15) is 22.4 Å². The maximum Gasteiger partial charge on any atom is 0.126 e. The zero-order valence-electron chi connectivity index (χ0n) is 10.9. The number of aromatic nitrogens is 1. The van der Waals surface area contributed by atoms with Gasteiger partial charge in [-0.15, -0.1) is 0 Å². The highest BCUT2D eigenvalue weighted by Gasteiger charge is 2.00. The highest BCUT2D eigenvalue weighted by Crippen LogP contribution is 2.17. The van der Waals surface area contributed by atoms with Gasteiger partial charge in [0.05, 0.1) is 5.69 Å². The topological polar surface area (TPSA) is 24.9 Å². The van der Waals surface area contributed by atoms with Gasteiger partial charge in [-0.1, -0.05) is 18.2 Å². The standard InChI is InChI=1S/C15H17BrN2/c1-10-4-5-13(8-11(10)2)9-17-15-7-6-14(16)12(3)18-15/h4-8H,9H2,1-3H3,(H,17,18). The molecule has 2 rings (SSSR count). The van der Waals surface area contributed by atoms with Gasteiger partial charge >= 0.3 is 0 Å². The summed E-state index contributed by atoms with van der Waals surface area (Å²) in [7, 11) is 0. The maximum absolute atomic E-state index is 4.47. The molecular formula is C15H17BrN2. The quantitative estimate of drug-likeness (QED) is 0.910. The molecule has 0 aliphatic heterocycles. The van der Waals surface area contributed by atoms with Crippen LogP contribution in [0.3, 0.4) is 0 Å². The zero-order valence-corrected chi connectivity index (χ0v) is 12.5. The van der Waals surface area contributed by atoms with Gasteiger partial charge in [-0.2, -0.15) is 0 Å². The Bertz CT molecular complexity index is 513. The van der Waals surface area contributed by atoms with Crippen LogP contribution in [0.4, 0.5) is 5.82 Å². The number of hydrogen-bond donors (Lipinski definition) is 1. The Kier molecular flexibility index (Phi) is 4.02. The Morgan fingerprint density at radius 3 is 2.50 bits per heavy atom. The molecule has 2 aromatic rings. The molecule has 0 radical (unpaired) electrons. The smallest absolute Gasteiger partial charge is 0.126 e. The van der Waals surface area contributed by atoms with Crippen LogP contribution in [0.5, 0.6) is 0 Å². The summed E-state index contributed by atoms with van der Waals surface area (Å²) >= 11 is 3.45. The van der Waals surface area contributed by atoms with E-state index in [1.807, 2.05) is 19.1 Å². The van der Waals surface area contributed by atoms with E-state index in [4.69, 9.17) is 0 Å².